The predicted molar refractivity (Wildman–Crippen MR) is 120 cm³/mol. The van der Waals surface area contributed by atoms with E-state index in [2.05, 4.69) is 29.0 Å². The van der Waals surface area contributed by atoms with Gasteiger partial charge in [0, 0.05) is 57.0 Å². The van der Waals surface area contributed by atoms with E-state index in [-0.39, 0.29) is 17.1 Å². The molecule has 0 saturated carbocycles. The number of amides is 1. The highest BCUT2D eigenvalue weighted by Gasteiger charge is 2.45. The second-order valence-electron chi connectivity index (χ2n) is 9.19. The van der Waals surface area contributed by atoms with Crippen molar-refractivity contribution in [2.75, 3.05) is 64.4 Å². The van der Waals surface area contributed by atoms with Crippen LogP contribution in [0.15, 0.2) is 42.5 Å². The highest BCUT2D eigenvalue weighted by molar-refractivity contribution is 5.98. The van der Waals surface area contributed by atoms with E-state index in [9.17, 15) is 9.18 Å². The zero-order valence-electron chi connectivity index (χ0n) is 18.1. The highest BCUT2D eigenvalue weighted by atomic mass is 19.1. The molecule has 1 spiro atoms. The van der Waals surface area contributed by atoms with Crippen molar-refractivity contribution in [1.29, 1.82) is 0 Å². The van der Waals surface area contributed by atoms with Crippen molar-refractivity contribution in [3.63, 3.8) is 0 Å². The standard InChI is InChI=1S/C25H30FN3O2/c1-27-9-11-28(12-10-27)17-24(30)29-18-25(7-13-31-14-8-25)22-16-20(5-6-23(22)29)19-3-2-4-21(26)15-19/h2-6,15-16H,7-14,17-18H2,1H3. The highest BCUT2D eigenvalue weighted by Crippen LogP contribution is 2.48. The SMILES string of the molecule is CN1CCN(CC(=O)N2CC3(CCOCC3)c3cc(-c4cccc(F)c4)ccc32)CC1. The second-order valence-corrected chi connectivity index (χ2v) is 9.19. The molecule has 2 aromatic carbocycles. The molecule has 0 aromatic heterocycles. The number of ether oxygens (including phenoxy) is 1. The number of hydrogen-bond donors (Lipinski definition) is 0. The lowest BCUT2D eigenvalue weighted by Gasteiger charge is -2.35. The molecule has 3 heterocycles. The van der Waals surface area contributed by atoms with Crippen LogP contribution in [0.1, 0.15) is 18.4 Å². The minimum absolute atomic E-state index is 0.0747. The number of fused-ring (bicyclic) bond motifs is 2. The number of hydrogen-bond acceptors (Lipinski definition) is 4. The van der Waals surface area contributed by atoms with E-state index in [1.165, 1.54) is 11.6 Å². The molecule has 1 amide bonds. The lowest BCUT2D eigenvalue weighted by Crippen LogP contribution is -2.49. The number of benzene rings is 2. The molecule has 0 aliphatic carbocycles. The molecular weight excluding hydrogens is 393 g/mol. The third kappa shape index (κ3) is 4.00. The summed E-state index contributed by atoms with van der Waals surface area (Å²) >= 11 is 0. The third-order valence-corrected chi connectivity index (χ3v) is 7.18. The number of nitrogens with zero attached hydrogens (tertiary/aromatic N) is 3. The second kappa shape index (κ2) is 8.34. The van der Waals surface area contributed by atoms with Gasteiger partial charge in [0.05, 0.1) is 6.54 Å². The van der Waals surface area contributed by atoms with Crippen LogP contribution in [0.5, 0.6) is 0 Å². The average molecular weight is 424 g/mol. The maximum atomic E-state index is 13.8. The molecular formula is C25H30FN3O2. The molecule has 0 atom stereocenters. The Balaban J connectivity index is 1.45. The Kier molecular flexibility index (Phi) is 5.54. The molecule has 2 aromatic rings. The summed E-state index contributed by atoms with van der Waals surface area (Å²) in [5.74, 6) is -0.0598. The number of carbonyl (C=O) groups is 1. The van der Waals surface area contributed by atoms with Crippen LogP contribution in [0.25, 0.3) is 11.1 Å². The number of likely N-dealkylation sites (N-methyl/N-ethyl adjacent to an activating group) is 1. The van der Waals surface area contributed by atoms with Gasteiger partial charge in [-0.2, -0.15) is 0 Å². The van der Waals surface area contributed by atoms with E-state index in [0.717, 1.165) is 55.8 Å². The van der Waals surface area contributed by atoms with Gasteiger partial charge in [0.2, 0.25) is 5.91 Å². The Morgan fingerprint density at radius 1 is 1.03 bits per heavy atom. The Hall–Kier alpha value is -2.28. The fraction of sp³-hybridized carbons (Fsp3) is 0.480. The summed E-state index contributed by atoms with van der Waals surface area (Å²) in [5.41, 5.74) is 4.02. The van der Waals surface area contributed by atoms with Gasteiger partial charge in [0.1, 0.15) is 5.82 Å². The van der Waals surface area contributed by atoms with Gasteiger partial charge in [-0.15, -0.1) is 0 Å². The van der Waals surface area contributed by atoms with Gasteiger partial charge in [-0.05, 0) is 60.8 Å². The lowest BCUT2D eigenvalue weighted by molar-refractivity contribution is -0.120. The molecule has 6 heteroatoms. The monoisotopic (exact) mass is 423 g/mol. The van der Waals surface area contributed by atoms with E-state index in [1.807, 2.05) is 17.0 Å². The van der Waals surface area contributed by atoms with Crippen LogP contribution < -0.4 is 4.90 Å². The van der Waals surface area contributed by atoms with Crippen molar-refractivity contribution >= 4 is 11.6 Å². The van der Waals surface area contributed by atoms with Gasteiger partial charge in [0.15, 0.2) is 0 Å². The largest absolute Gasteiger partial charge is 0.381 e. The molecule has 31 heavy (non-hydrogen) atoms. The molecule has 2 fully saturated rings. The van der Waals surface area contributed by atoms with Gasteiger partial charge >= 0.3 is 0 Å². The zero-order chi connectivity index (χ0) is 21.4. The summed E-state index contributed by atoms with van der Waals surface area (Å²) in [6.45, 7) is 6.47. The van der Waals surface area contributed by atoms with Crippen LogP contribution in [-0.4, -0.2) is 75.2 Å². The van der Waals surface area contributed by atoms with Gasteiger partial charge < -0.3 is 14.5 Å². The predicted octanol–water partition coefficient (Wildman–Crippen LogP) is 3.13. The van der Waals surface area contributed by atoms with Crippen molar-refractivity contribution in [2.24, 2.45) is 0 Å². The first kappa shape index (κ1) is 20.6. The number of rotatable bonds is 3. The minimum atomic E-state index is -0.234. The summed E-state index contributed by atoms with van der Waals surface area (Å²) in [5, 5.41) is 0. The van der Waals surface area contributed by atoms with Crippen LogP contribution in [0, 0.1) is 5.82 Å². The van der Waals surface area contributed by atoms with Gasteiger partial charge in [-0.1, -0.05) is 18.2 Å². The van der Waals surface area contributed by atoms with Crippen LogP contribution in [0.4, 0.5) is 10.1 Å². The summed E-state index contributed by atoms with van der Waals surface area (Å²) < 4.78 is 19.5. The Morgan fingerprint density at radius 3 is 2.52 bits per heavy atom. The summed E-state index contributed by atoms with van der Waals surface area (Å²) in [7, 11) is 2.13. The van der Waals surface area contributed by atoms with E-state index < -0.39 is 0 Å². The minimum Gasteiger partial charge on any atom is -0.381 e. The van der Waals surface area contributed by atoms with E-state index in [1.54, 1.807) is 12.1 Å². The number of anilines is 1. The maximum absolute atomic E-state index is 13.8. The lowest BCUT2D eigenvalue weighted by atomic mass is 9.75. The molecule has 0 radical (unpaired) electrons. The zero-order valence-corrected chi connectivity index (χ0v) is 18.1. The average Bonchev–Trinajstić information content (AvgIpc) is 3.09. The molecule has 0 N–H and O–H groups in total. The van der Waals surface area contributed by atoms with Crippen molar-refractivity contribution < 1.29 is 13.9 Å². The maximum Gasteiger partial charge on any atom is 0.241 e. The van der Waals surface area contributed by atoms with Crippen molar-refractivity contribution in [3.8, 4) is 11.1 Å². The summed E-state index contributed by atoms with van der Waals surface area (Å²) in [6, 6.07) is 13.0. The molecule has 5 nitrogen and oxygen atoms in total. The molecule has 3 aliphatic rings. The first-order valence-corrected chi connectivity index (χ1v) is 11.2. The first-order chi connectivity index (χ1) is 15.0. The molecule has 5 rings (SSSR count). The van der Waals surface area contributed by atoms with E-state index in [0.29, 0.717) is 26.3 Å². The number of piperazine rings is 1. The fourth-order valence-electron chi connectivity index (χ4n) is 5.21. The molecule has 2 saturated heterocycles. The summed E-state index contributed by atoms with van der Waals surface area (Å²) in [6.07, 6.45) is 1.82. The number of halogens is 1. The smallest absolute Gasteiger partial charge is 0.241 e. The van der Waals surface area contributed by atoms with Gasteiger partial charge in [-0.25, -0.2) is 4.39 Å². The van der Waals surface area contributed by atoms with Gasteiger partial charge in [0.25, 0.3) is 0 Å². The molecule has 0 bridgehead atoms. The topological polar surface area (TPSA) is 36.0 Å². The summed E-state index contributed by atoms with van der Waals surface area (Å²) in [4.78, 5) is 19.9. The van der Waals surface area contributed by atoms with Crippen molar-refractivity contribution in [2.45, 2.75) is 18.3 Å². The fourth-order valence-corrected chi connectivity index (χ4v) is 5.21. The molecule has 3 aliphatic heterocycles. The van der Waals surface area contributed by atoms with E-state index in [4.69, 9.17) is 4.74 Å². The van der Waals surface area contributed by atoms with Crippen molar-refractivity contribution in [1.82, 2.24) is 9.80 Å². The van der Waals surface area contributed by atoms with Crippen LogP contribution in [0.2, 0.25) is 0 Å². The van der Waals surface area contributed by atoms with Crippen LogP contribution in [0.3, 0.4) is 0 Å². The Morgan fingerprint density at radius 2 is 1.77 bits per heavy atom. The quantitative estimate of drug-likeness (QED) is 0.760. The van der Waals surface area contributed by atoms with Crippen molar-refractivity contribution in [3.05, 3.63) is 53.8 Å². The number of carbonyl (C=O) groups excluding carboxylic acids is 1. The van der Waals surface area contributed by atoms with Crippen LogP contribution >= 0.6 is 0 Å². The Bertz CT molecular complexity index is 965. The van der Waals surface area contributed by atoms with Crippen LogP contribution in [-0.2, 0) is 14.9 Å². The molecule has 0 unspecified atom stereocenters. The van der Waals surface area contributed by atoms with E-state index >= 15 is 0 Å². The molecule has 164 valence electrons. The normalized spacial score (nSPS) is 21.4. The third-order valence-electron chi connectivity index (χ3n) is 7.18. The van der Waals surface area contributed by atoms with Gasteiger partial charge in [-0.3, -0.25) is 9.69 Å². The first-order valence-electron chi connectivity index (χ1n) is 11.2. The Labute approximate surface area is 183 Å².